The third-order valence-electron chi connectivity index (χ3n) is 4.51. The second-order valence-electron chi connectivity index (χ2n) is 6.46. The number of nitrogens with zero attached hydrogens (tertiary/aromatic N) is 3. The average Bonchev–Trinajstić information content (AvgIpc) is 2.67. The molecule has 0 saturated carbocycles. The first-order valence-corrected chi connectivity index (χ1v) is 9.18. The number of β-amino-alcohol motifs (C(OH)–C–C–N with tert-alkyl or cyclic N) is 1. The standard InChI is InChI=1S/C19H22ClN3O4/c20-15-4-3-5-16(12-15)22-10-8-21(9-11-22)13-17(24)14-27-19-7-2-1-6-18(19)23(25)26/h1-7,12,17,24H,8-11,13-14H2/t17-/m0/s1. The van der Waals surface area contributed by atoms with Crippen molar-refractivity contribution in [3.05, 3.63) is 63.7 Å². The van der Waals surface area contributed by atoms with Gasteiger partial charge in [0.25, 0.3) is 0 Å². The molecule has 0 aliphatic carbocycles. The summed E-state index contributed by atoms with van der Waals surface area (Å²) in [5, 5.41) is 22.0. The van der Waals surface area contributed by atoms with Gasteiger partial charge in [0.15, 0.2) is 5.75 Å². The number of anilines is 1. The van der Waals surface area contributed by atoms with Crippen LogP contribution < -0.4 is 9.64 Å². The topological polar surface area (TPSA) is 79.1 Å². The second-order valence-corrected chi connectivity index (χ2v) is 6.89. The van der Waals surface area contributed by atoms with E-state index in [2.05, 4.69) is 9.80 Å². The molecular formula is C19H22ClN3O4. The van der Waals surface area contributed by atoms with Crippen LogP contribution in [0.5, 0.6) is 5.75 Å². The van der Waals surface area contributed by atoms with Crippen molar-refractivity contribution in [3.63, 3.8) is 0 Å². The number of aliphatic hydroxyl groups excluding tert-OH is 1. The molecule has 3 rings (SSSR count). The Morgan fingerprint density at radius 3 is 2.59 bits per heavy atom. The maximum atomic E-state index is 11.0. The summed E-state index contributed by atoms with van der Waals surface area (Å²) in [6.45, 7) is 3.80. The quantitative estimate of drug-likeness (QED) is 0.577. The second kappa shape index (κ2) is 9.03. The highest BCUT2D eigenvalue weighted by Gasteiger charge is 2.21. The summed E-state index contributed by atoms with van der Waals surface area (Å²) in [4.78, 5) is 14.9. The lowest BCUT2D eigenvalue weighted by atomic mass is 10.2. The Kier molecular flexibility index (Phi) is 6.49. The molecule has 2 aromatic rings. The number of para-hydroxylation sites is 2. The van der Waals surface area contributed by atoms with Gasteiger partial charge in [-0.25, -0.2) is 0 Å². The normalized spacial score (nSPS) is 16.1. The fourth-order valence-electron chi connectivity index (χ4n) is 3.13. The molecule has 1 heterocycles. The first kappa shape index (κ1) is 19.4. The van der Waals surface area contributed by atoms with E-state index in [-0.39, 0.29) is 18.0 Å². The van der Waals surface area contributed by atoms with Crippen LogP contribution in [-0.2, 0) is 0 Å². The van der Waals surface area contributed by atoms with Crippen molar-refractivity contribution in [2.24, 2.45) is 0 Å². The van der Waals surface area contributed by atoms with Crippen molar-refractivity contribution < 1.29 is 14.8 Å². The maximum Gasteiger partial charge on any atom is 0.310 e. The summed E-state index contributed by atoms with van der Waals surface area (Å²) < 4.78 is 5.46. The molecule has 0 unspecified atom stereocenters. The van der Waals surface area contributed by atoms with E-state index in [0.717, 1.165) is 36.9 Å². The minimum absolute atomic E-state index is 0.0133. The van der Waals surface area contributed by atoms with Gasteiger partial charge in [0.05, 0.1) is 4.92 Å². The number of hydrogen-bond acceptors (Lipinski definition) is 6. The molecule has 144 valence electrons. The Labute approximate surface area is 162 Å². The molecule has 0 spiro atoms. The summed E-state index contributed by atoms with van der Waals surface area (Å²) >= 11 is 6.05. The molecule has 7 nitrogen and oxygen atoms in total. The van der Waals surface area contributed by atoms with Crippen molar-refractivity contribution in [1.82, 2.24) is 4.90 Å². The fraction of sp³-hybridized carbons (Fsp3) is 0.368. The van der Waals surface area contributed by atoms with E-state index >= 15 is 0 Å². The van der Waals surface area contributed by atoms with Crippen LogP contribution >= 0.6 is 11.6 Å². The number of piperazine rings is 1. The summed E-state index contributed by atoms with van der Waals surface area (Å²) in [7, 11) is 0. The number of nitro benzene ring substituents is 1. The van der Waals surface area contributed by atoms with Crippen LogP contribution in [0.4, 0.5) is 11.4 Å². The molecule has 1 atom stereocenters. The van der Waals surface area contributed by atoms with E-state index in [1.54, 1.807) is 12.1 Å². The van der Waals surface area contributed by atoms with Crippen LogP contribution in [0.2, 0.25) is 5.02 Å². The Morgan fingerprint density at radius 1 is 1.15 bits per heavy atom. The molecule has 0 aromatic heterocycles. The van der Waals surface area contributed by atoms with E-state index < -0.39 is 11.0 Å². The Bertz CT molecular complexity index is 781. The van der Waals surface area contributed by atoms with Gasteiger partial charge < -0.3 is 14.7 Å². The van der Waals surface area contributed by atoms with Gasteiger partial charge in [0.2, 0.25) is 0 Å². The molecule has 8 heteroatoms. The number of ether oxygens (including phenoxy) is 1. The van der Waals surface area contributed by atoms with Crippen molar-refractivity contribution in [3.8, 4) is 5.75 Å². The smallest absolute Gasteiger partial charge is 0.310 e. The summed E-state index contributed by atoms with van der Waals surface area (Å²) in [5.41, 5.74) is 1.00. The van der Waals surface area contributed by atoms with Gasteiger partial charge in [-0.3, -0.25) is 15.0 Å². The van der Waals surface area contributed by atoms with Crippen molar-refractivity contribution in [2.45, 2.75) is 6.10 Å². The highest BCUT2D eigenvalue weighted by molar-refractivity contribution is 6.30. The summed E-state index contributed by atoms with van der Waals surface area (Å²) in [6.07, 6.45) is -0.720. The monoisotopic (exact) mass is 391 g/mol. The zero-order chi connectivity index (χ0) is 19.2. The number of aliphatic hydroxyl groups is 1. The fourth-order valence-corrected chi connectivity index (χ4v) is 3.31. The lowest BCUT2D eigenvalue weighted by molar-refractivity contribution is -0.385. The third-order valence-corrected chi connectivity index (χ3v) is 4.74. The average molecular weight is 392 g/mol. The minimum atomic E-state index is -0.720. The molecule has 1 saturated heterocycles. The van der Waals surface area contributed by atoms with E-state index in [0.29, 0.717) is 6.54 Å². The molecular weight excluding hydrogens is 370 g/mol. The molecule has 2 aromatic carbocycles. The lowest BCUT2D eigenvalue weighted by Crippen LogP contribution is -2.49. The number of rotatable bonds is 7. The van der Waals surface area contributed by atoms with Gasteiger partial charge >= 0.3 is 5.69 Å². The van der Waals surface area contributed by atoms with Crippen LogP contribution in [0.15, 0.2) is 48.5 Å². The van der Waals surface area contributed by atoms with E-state index in [9.17, 15) is 15.2 Å². The van der Waals surface area contributed by atoms with Gasteiger partial charge in [-0.1, -0.05) is 29.8 Å². The first-order chi connectivity index (χ1) is 13.0. The molecule has 1 fully saturated rings. The van der Waals surface area contributed by atoms with Crippen LogP contribution in [0, 0.1) is 10.1 Å². The zero-order valence-corrected chi connectivity index (χ0v) is 15.6. The predicted octanol–water partition coefficient (Wildman–Crippen LogP) is 2.81. The van der Waals surface area contributed by atoms with Gasteiger partial charge in [-0.05, 0) is 24.3 Å². The van der Waals surface area contributed by atoms with Gasteiger partial charge in [0.1, 0.15) is 12.7 Å². The number of hydrogen-bond donors (Lipinski definition) is 1. The SMILES string of the molecule is O=[N+]([O-])c1ccccc1OC[C@@H](O)CN1CCN(c2cccc(Cl)c2)CC1. The summed E-state index contributed by atoms with van der Waals surface area (Å²) in [5.74, 6) is 0.173. The first-order valence-electron chi connectivity index (χ1n) is 8.80. The van der Waals surface area contributed by atoms with Crippen LogP contribution in [-0.4, -0.2) is 60.4 Å². The van der Waals surface area contributed by atoms with Crippen molar-refractivity contribution in [1.29, 1.82) is 0 Å². The molecule has 1 N–H and O–H groups in total. The largest absolute Gasteiger partial charge is 0.484 e. The minimum Gasteiger partial charge on any atom is -0.484 e. The van der Waals surface area contributed by atoms with Crippen LogP contribution in [0.25, 0.3) is 0 Å². The van der Waals surface area contributed by atoms with E-state index in [4.69, 9.17) is 16.3 Å². The van der Waals surface area contributed by atoms with Crippen molar-refractivity contribution >= 4 is 23.0 Å². The van der Waals surface area contributed by atoms with Gasteiger partial charge in [0, 0.05) is 49.5 Å². The van der Waals surface area contributed by atoms with E-state index in [1.807, 2.05) is 24.3 Å². The van der Waals surface area contributed by atoms with Crippen LogP contribution in [0.1, 0.15) is 0 Å². The van der Waals surface area contributed by atoms with Crippen LogP contribution in [0.3, 0.4) is 0 Å². The van der Waals surface area contributed by atoms with Gasteiger partial charge in [-0.15, -0.1) is 0 Å². The molecule has 1 aliphatic heterocycles. The molecule has 27 heavy (non-hydrogen) atoms. The third kappa shape index (κ3) is 5.32. The predicted molar refractivity (Wildman–Crippen MR) is 105 cm³/mol. The van der Waals surface area contributed by atoms with Crippen molar-refractivity contribution in [2.75, 3.05) is 44.2 Å². The zero-order valence-electron chi connectivity index (χ0n) is 14.8. The summed E-state index contributed by atoms with van der Waals surface area (Å²) in [6, 6.07) is 14.0. The Balaban J connectivity index is 1.46. The number of benzene rings is 2. The maximum absolute atomic E-state index is 11.0. The molecule has 0 amide bonds. The number of halogens is 1. The molecule has 1 aliphatic rings. The highest BCUT2D eigenvalue weighted by atomic mass is 35.5. The van der Waals surface area contributed by atoms with E-state index in [1.165, 1.54) is 12.1 Å². The Hall–Kier alpha value is -2.35. The lowest BCUT2D eigenvalue weighted by Gasteiger charge is -2.36. The highest BCUT2D eigenvalue weighted by Crippen LogP contribution is 2.26. The Morgan fingerprint density at radius 2 is 1.89 bits per heavy atom. The molecule has 0 radical (unpaired) electrons. The molecule has 0 bridgehead atoms. The van der Waals surface area contributed by atoms with Gasteiger partial charge in [-0.2, -0.15) is 0 Å². The number of nitro groups is 1.